The Morgan fingerprint density at radius 3 is 2.44 bits per heavy atom. The summed E-state index contributed by atoms with van der Waals surface area (Å²) in [5.41, 5.74) is 1.54. The van der Waals surface area contributed by atoms with E-state index in [1.54, 1.807) is 44.4 Å². The first-order valence-electron chi connectivity index (χ1n) is 10.6. The third-order valence-corrected chi connectivity index (χ3v) is 7.31. The van der Waals surface area contributed by atoms with Gasteiger partial charge in [0, 0.05) is 32.3 Å². The zero-order valence-corrected chi connectivity index (χ0v) is 19.2. The quantitative estimate of drug-likeness (QED) is 0.591. The molecular formula is C23H29N3O5S. The Bertz CT molecular complexity index is 1080. The number of piperidine rings is 1. The molecule has 1 aliphatic rings. The number of hydrogen-bond acceptors (Lipinski definition) is 5. The molecular weight excluding hydrogens is 430 g/mol. The van der Waals surface area contributed by atoms with Crippen molar-refractivity contribution in [2.24, 2.45) is 0 Å². The van der Waals surface area contributed by atoms with Crippen LogP contribution in [-0.2, 0) is 14.8 Å². The van der Waals surface area contributed by atoms with Crippen LogP contribution in [-0.4, -0.2) is 57.9 Å². The maximum absolute atomic E-state index is 13.1. The fourth-order valence-electron chi connectivity index (χ4n) is 3.60. The number of ether oxygens (including phenoxy) is 1. The summed E-state index contributed by atoms with van der Waals surface area (Å²) in [4.78, 5) is 25.6. The topological polar surface area (TPSA) is 105 Å². The molecule has 2 N–H and O–H groups in total. The Labute approximate surface area is 189 Å². The van der Waals surface area contributed by atoms with Gasteiger partial charge in [-0.2, -0.15) is 4.31 Å². The van der Waals surface area contributed by atoms with Crippen LogP contribution in [0, 0.1) is 6.92 Å². The molecule has 1 aliphatic heterocycles. The van der Waals surface area contributed by atoms with Crippen LogP contribution in [0.4, 0.5) is 5.69 Å². The molecule has 2 aromatic rings. The Kier molecular flexibility index (Phi) is 8.00. The van der Waals surface area contributed by atoms with Gasteiger partial charge in [0.15, 0.2) is 0 Å². The van der Waals surface area contributed by atoms with Gasteiger partial charge in [0.1, 0.15) is 0 Å². The number of aryl methyl sites for hydroxylation is 1. The Morgan fingerprint density at radius 2 is 1.72 bits per heavy atom. The molecule has 2 amide bonds. The first kappa shape index (κ1) is 23.9. The number of carbonyl (C=O) groups is 2. The summed E-state index contributed by atoms with van der Waals surface area (Å²) in [5.74, 6) is -0.813. The standard InChI is InChI=1S/C23H29N3O5S/c1-17-10-11-18(32(29,30)26-13-6-3-7-14-26)16-20(17)23(28)25-21-9-5-4-8-19(21)22(27)24-12-15-31-2/h4-5,8-11,16H,3,6-7,12-15H2,1-2H3,(H,24,27)(H,25,28). The summed E-state index contributed by atoms with van der Waals surface area (Å²) in [6.07, 6.45) is 2.69. The lowest BCUT2D eigenvalue weighted by Gasteiger charge is -2.26. The normalized spacial score (nSPS) is 14.7. The number of nitrogens with zero attached hydrogens (tertiary/aromatic N) is 1. The fraction of sp³-hybridized carbons (Fsp3) is 0.391. The number of hydrogen-bond donors (Lipinski definition) is 2. The lowest BCUT2D eigenvalue weighted by atomic mass is 10.1. The van der Waals surface area contributed by atoms with E-state index in [0.29, 0.717) is 43.1 Å². The number of benzene rings is 2. The van der Waals surface area contributed by atoms with E-state index in [9.17, 15) is 18.0 Å². The molecule has 2 aromatic carbocycles. The van der Waals surface area contributed by atoms with E-state index < -0.39 is 15.9 Å². The Hall–Kier alpha value is -2.75. The lowest BCUT2D eigenvalue weighted by Crippen LogP contribution is -2.35. The van der Waals surface area contributed by atoms with E-state index in [4.69, 9.17) is 4.74 Å². The number of methoxy groups -OCH3 is 1. The average molecular weight is 460 g/mol. The lowest BCUT2D eigenvalue weighted by molar-refractivity contribution is 0.0938. The highest BCUT2D eigenvalue weighted by Crippen LogP contribution is 2.24. The van der Waals surface area contributed by atoms with E-state index in [-0.39, 0.29) is 16.4 Å². The maximum Gasteiger partial charge on any atom is 0.255 e. The molecule has 0 atom stereocenters. The molecule has 172 valence electrons. The van der Waals surface area contributed by atoms with Gasteiger partial charge in [-0.3, -0.25) is 9.59 Å². The van der Waals surface area contributed by atoms with Crippen LogP contribution in [0.1, 0.15) is 45.5 Å². The van der Waals surface area contributed by atoms with Crippen molar-refractivity contribution in [3.63, 3.8) is 0 Å². The van der Waals surface area contributed by atoms with Gasteiger partial charge in [0.05, 0.1) is 22.8 Å². The van der Waals surface area contributed by atoms with Crippen molar-refractivity contribution < 1.29 is 22.7 Å². The molecule has 8 nitrogen and oxygen atoms in total. The van der Waals surface area contributed by atoms with Crippen LogP contribution in [0.2, 0.25) is 0 Å². The van der Waals surface area contributed by atoms with Gasteiger partial charge in [-0.15, -0.1) is 0 Å². The summed E-state index contributed by atoms with van der Waals surface area (Å²) in [6.45, 7) is 3.44. The Balaban J connectivity index is 1.83. The summed E-state index contributed by atoms with van der Waals surface area (Å²) in [7, 11) is -2.12. The smallest absolute Gasteiger partial charge is 0.255 e. The first-order chi connectivity index (χ1) is 15.3. The van der Waals surface area contributed by atoms with Crippen LogP contribution < -0.4 is 10.6 Å². The van der Waals surface area contributed by atoms with Gasteiger partial charge in [-0.05, 0) is 49.6 Å². The van der Waals surface area contributed by atoms with Gasteiger partial charge in [-0.25, -0.2) is 8.42 Å². The summed E-state index contributed by atoms with van der Waals surface area (Å²) < 4.78 is 32.5. The molecule has 0 saturated carbocycles. The zero-order valence-electron chi connectivity index (χ0n) is 18.4. The number of rotatable bonds is 8. The van der Waals surface area contributed by atoms with Crippen LogP contribution in [0.3, 0.4) is 0 Å². The minimum Gasteiger partial charge on any atom is -0.383 e. The van der Waals surface area contributed by atoms with Gasteiger partial charge >= 0.3 is 0 Å². The average Bonchev–Trinajstić information content (AvgIpc) is 2.80. The number of amides is 2. The van der Waals surface area contributed by atoms with Gasteiger partial charge in [0.2, 0.25) is 10.0 Å². The molecule has 0 bridgehead atoms. The molecule has 1 fully saturated rings. The zero-order chi connectivity index (χ0) is 23.1. The number of sulfonamides is 1. The summed E-state index contributed by atoms with van der Waals surface area (Å²) >= 11 is 0. The maximum atomic E-state index is 13.1. The molecule has 1 heterocycles. The van der Waals surface area contributed by atoms with Crippen LogP contribution in [0.25, 0.3) is 0 Å². The summed E-state index contributed by atoms with van der Waals surface area (Å²) in [5, 5.41) is 5.49. The van der Waals surface area contributed by atoms with Crippen molar-refractivity contribution in [1.82, 2.24) is 9.62 Å². The monoisotopic (exact) mass is 459 g/mol. The van der Waals surface area contributed by atoms with Crippen LogP contribution >= 0.6 is 0 Å². The van der Waals surface area contributed by atoms with Gasteiger partial charge in [-0.1, -0.05) is 24.6 Å². The van der Waals surface area contributed by atoms with Crippen molar-refractivity contribution in [2.45, 2.75) is 31.1 Å². The minimum atomic E-state index is -3.66. The second kappa shape index (κ2) is 10.7. The molecule has 0 radical (unpaired) electrons. The molecule has 0 spiro atoms. The highest BCUT2D eigenvalue weighted by Gasteiger charge is 2.27. The predicted molar refractivity (Wildman–Crippen MR) is 122 cm³/mol. The molecule has 3 rings (SSSR count). The highest BCUT2D eigenvalue weighted by atomic mass is 32.2. The van der Waals surface area contributed by atoms with Gasteiger partial charge in [0.25, 0.3) is 11.8 Å². The van der Waals surface area contributed by atoms with Crippen LogP contribution in [0.5, 0.6) is 0 Å². The largest absolute Gasteiger partial charge is 0.383 e. The molecule has 1 saturated heterocycles. The third-order valence-electron chi connectivity index (χ3n) is 5.42. The van der Waals surface area contributed by atoms with E-state index >= 15 is 0 Å². The van der Waals surface area contributed by atoms with E-state index in [1.165, 1.54) is 16.4 Å². The molecule has 0 aromatic heterocycles. The number of carbonyl (C=O) groups excluding carboxylic acids is 2. The highest BCUT2D eigenvalue weighted by molar-refractivity contribution is 7.89. The number of para-hydroxylation sites is 1. The van der Waals surface area contributed by atoms with Crippen molar-refractivity contribution in [3.8, 4) is 0 Å². The SMILES string of the molecule is COCCNC(=O)c1ccccc1NC(=O)c1cc(S(=O)(=O)N2CCCCC2)ccc1C. The van der Waals surface area contributed by atoms with Crippen molar-refractivity contribution in [2.75, 3.05) is 38.7 Å². The van der Waals surface area contributed by atoms with E-state index in [0.717, 1.165) is 19.3 Å². The molecule has 32 heavy (non-hydrogen) atoms. The van der Waals surface area contributed by atoms with Crippen molar-refractivity contribution in [3.05, 3.63) is 59.2 Å². The molecule has 9 heteroatoms. The third kappa shape index (κ3) is 5.53. The Morgan fingerprint density at radius 1 is 1.00 bits per heavy atom. The number of nitrogens with one attached hydrogen (secondary N) is 2. The van der Waals surface area contributed by atoms with Gasteiger partial charge < -0.3 is 15.4 Å². The fourth-order valence-corrected chi connectivity index (χ4v) is 5.15. The van der Waals surface area contributed by atoms with Crippen molar-refractivity contribution in [1.29, 1.82) is 0 Å². The first-order valence-corrected chi connectivity index (χ1v) is 12.1. The number of anilines is 1. The molecule has 0 aliphatic carbocycles. The minimum absolute atomic E-state index is 0.0979. The van der Waals surface area contributed by atoms with E-state index in [2.05, 4.69) is 10.6 Å². The van der Waals surface area contributed by atoms with Crippen molar-refractivity contribution >= 4 is 27.5 Å². The molecule has 0 unspecified atom stereocenters. The summed E-state index contributed by atoms with van der Waals surface area (Å²) in [6, 6.07) is 11.2. The van der Waals surface area contributed by atoms with Crippen LogP contribution in [0.15, 0.2) is 47.4 Å². The second-order valence-corrected chi connectivity index (χ2v) is 9.63. The van der Waals surface area contributed by atoms with E-state index in [1.807, 2.05) is 0 Å². The predicted octanol–water partition coefficient (Wildman–Crippen LogP) is 2.80. The second-order valence-electron chi connectivity index (χ2n) is 7.69.